The second-order valence-electron chi connectivity index (χ2n) is 3.09. The van der Waals surface area contributed by atoms with Gasteiger partial charge in [0.15, 0.2) is 0 Å². The fourth-order valence-corrected chi connectivity index (χ4v) is 1.44. The molecule has 15 heavy (non-hydrogen) atoms. The molecule has 3 heteroatoms. The van der Waals surface area contributed by atoms with Gasteiger partial charge < -0.3 is 4.74 Å². The SMILES string of the molecule is COc1cccc(-c2ccc(Cl)cn2)c1. The van der Waals surface area contributed by atoms with Gasteiger partial charge in [-0.1, -0.05) is 23.7 Å². The van der Waals surface area contributed by atoms with Gasteiger partial charge in [0.2, 0.25) is 0 Å². The third kappa shape index (κ3) is 2.28. The van der Waals surface area contributed by atoms with Gasteiger partial charge >= 0.3 is 0 Å². The quantitative estimate of drug-likeness (QED) is 0.772. The standard InChI is InChI=1S/C12H10ClNO/c1-15-11-4-2-3-9(7-11)12-6-5-10(13)8-14-12/h2-8H,1H3. The van der Waals surface area contributed by atoms with Crippen molar-refractivity contribution >= 4 is 11.6 Å². The fraction of sp³-hybridized carbons (Fsp3) is 0.0833. The maximum absolute atomic E-state index is 5.77. The van der Waals surface area contributed by atoms with E-state index in [0.717, 1.165) is 17.0 Å². The van der Waals surface area contributed by atoms with E-state index in [2.05, 4.69) is 4.98 Å². The molecule has 0 aliphatic carbocycles. The lowest BCUT2D eigenvalue weighted by Gasteiger charge is -2.03. The second kappa shape index (κ2) is 4.32. The second-order valence-corrected chi connectivity index (χ2v) is 3.53. The first kappa shape index (κ1) is 9.99. The summed E-state index contributed by atoms with van der Waals surface area (Å²) < 4.78 is 5.15. The molecule has 0 atom stereocenters. The molecule has 0 saturated carbocycles. The Hall–Kier alpha value is -1.54. The number of halogens is 1. The van der Waals surface area contributed by atoms with Crippen LogP contribution < -0.4 is 4.74 Å². The van der Waals surface area contributed by atoms with Gasteiger partial charge in [-0.25, -0.2) is 0 Å². The van der Waals surface area contributed by atoms with Crippen molar-refractivity contribution in [3.05, 3.63) is 47.6 Å². The third-order valence-corrected chi connectivity index (χ3v) is 2.32. The predicted molar refractivity (Wildman–Crippen MR) is 61.2 cm³/mol. The molecule has 2 rings (SSSR count). The molecule has 0 radical (unpaired) electrons. The number of hydrogen-bond donors (Lipinski definition) is 0. The van der Waals surface area contributed by atoms with Gasteiger partial charge in [0.25, 0.3) is 0 Å². The van der Waals surface area contributed by atoms with E-state index < -0.39 is 0 Å². The zero-order chi connectivity index (χ0) is 10.7. The lowest BCUT2D eigenvalue weighted by molar-refractivity contribution is 0.415. The normalized spacial score (nSPS) is 10.0. The summed E-state index contributed by atoms with van der Waals surface area (Å²) in [4.78, 5) is 4.24. The Morgan fingerprint density at radius 3 is 2.73 bits per heavy atom. The lowest BCUT2D eigenvalue weighted by atomic mass is 10.1. The number of methoxy groups -OCH3 is 1. The number of pyridine rings is 1. The van der Waals surface area contributed by atoms with Gasteiger partial charge in [0, 0.05) is 11.8 Å². The van der Waals surface area contributed by atoms with Crippen LogP contribution in [0.15, 0.2) is 42.6 Å². The van der Waals surface area contributed by atoms with Gasteiger partial charge in [-0.05, 0) is 24.3 Å². The number of hydrogen-bond acceptors (Lipinski definition) is 2. The first-order valence-electron chi connectivity index (χ1n) is 4.55. The Morgan fingerprint density at radius 1 is 1.20 bits per heavy atom. The molecule has 0 spiro atoms. The zero-order valence-electron chi connectivity index (χ0n) is 8.27. The minimum absolute atomic E-state index is 0.640. The largest absolute Gasteiger partial charge is 0.497 e. The molecule has 0 unspecified atom stereocenters. The average molecular weight is 220 g/mol. The van der Waals surface area contributed by atoms with Gasteiger partial charge in [-0.15, -0.1) is 0 Å². The Morgan fingerprint density at radius 2 is 2.07 bits per heavy atom. The minimum atomic E-state index is 0.640. The Labute approximate surface area is 93.5 Å². The molecule has 76 valence electrons. The highest BCUT2D eigenvalue weighted by Crippen LogP contribution is 2.22. The van der Waals surface area contributed by atoms with Gasteiger partial charge in [0.1, 0.15) is 5.75 Å². The smallest absolute Gasteiger partial charge is 0.119 e. The molecule has 1 aromatic carbocycles. The van der Waals surface area contributed by atoms with Crippen LogP contribution in [0.1, 0.15) is 0 Å². The maximum Gasteiger partial charge on any atom is 0.119 e. The highest BCUT2D eigenvalue weighted by molar-refractivity contribution is 6.30. The van der Waals surface area contributed by atoms with Crippen molar-refractivity contribution in [1.82, 2.24) is 4.98 Å². The van der Waals surface area contributed by atoms with E-state index >= 15 is 0 Å². The van der Waals surface area contributed by atoms with Gasteiger partial charge in [-0.3, -0.25) is 4.98 Å². The van der Waals surface area contributed by atoms with Crippen LogP contribution in [0.2, 0.25) is 5.02 Å². The van der Waals surface area contributed by atoms with E-state index in [1.54, 1.807) is 13.3 Å². The molecule has 2 aromatic rings. The van der Waals surface area contributed by atoms with Crippen molar-refractivity contribution in [3.8, 4) is 17.0 Å². The van der Waals surface area contributed by atoms with Crippen LogP contribution in [0, 0.1) is 0 Å². The molecular weight excluding hydrogens is 210 g/mol. The van der Waals surface area contributed by atoms with Gasteiger partial charge in [-0.2, -0.15) is 0 Å². The van der Waals surface area contributed by atoms with E-state index in [4.69, 9.17) is 16.3 Å². The highest BCUT2D eigenvalue weighted by Gasteiger charge is 2.00. The van der Waals surface area contributed by atoms with Crippen LogP contribution in [0.5, 0.6) is 5.75 Å². The molecular formula is C12H10ClNO. The van der Waals surface area contributed by atoms with E-state index in [-0.39, 0.29) is 0 Å². The van der Waals surface area contributed by atoms with E-state index in [1.807, 2.05) is 36.4 Å². The Balaban J connectivity index is 2.40. The summed E-state index contributed by atoms with van der Waals surface area (Å²) in [7, 11) is 1.65. The van der Waals surface area contributed by atoms with Crippen LogP contribution >= 0.6 is 11.6 Å². The Bertz CT molecular complexity index is 453. The molecule has 0 fully saturated rings. The summed E-state index contributed by atoms with van der Waals surface area (Å²) >= 11 is 5.77. The van der Waals surface area contributed by atoms with Crippen molar-refractivity contribution in [3.63, 3.8) is 0 Å². The number of nitrogens with zero attached hydrogens (tertiary/aromatic N) is 1. The molecule has 0 amide bonds. The monoisotopic (exact) mass is 219 g/mol. The fourth-order valence-electron chi connectivity index (χ4n) is 1.33. The molecule has 1 aromatic heterocycles. The summed E-state index contributed by atoms with van der Waals surface area (Å²) in [5, 5.41) is 0.640. The zero-order valence-corrected chi connectivity index (χ0v) is 9.03. The van der Waals surface area contributed by atoms with Crippen molar-refractivity contribution in [2.45, 2.75) is 0 Å². The van der Waals surface area contributed by atoms with Crippen molar-refractivity contribution in [2.24, 2.45) is 0 Å². The number of aromatic nitrogens is 1. The van der Waals surface area contributed by atoms with Crippen molar-refractivity contribution < 1.29 is 4.74 Å². The van der Waals surface area contributed by atoms with Crippen LogP contribution in [0.4, 0.5) is 0 Å². The molecule has 0 bridgehead atoms. The number of rotatable bonds is 2. The van der Waals surface area contributed by atoms with E-state index in [9.17, 15) is 0 Å². The van der Waals surface area contributed by atoms with Crippen LogP contribution in [0.3, 0.4) is 0 Å². The van der Waals surface area contributed by atoms with Crippen molar-refractivity contribution in [1.29, 1.82) is 0 Å². The maximum atomic E-state index is 5.77. The van der Waals surface area contributed by atoms with E-state index in [0.29, 0.717) is 5.02 Å². The molecule has 0 aliphatic rings. The lowest BCUT2D eigenvalue weighted by Crippen LogP contribution is -1.85. The molecule has 0 aliphatic heterocycles. The molecule has 2 nitrogen and oxygen atoms in total. The minimum Gasteiger partial charge on any atom is -0.497 e. The topological polar surface area (TPSA) is 22.1 Å². The molecule has 1 heterocycles. The molecule has 0 N–H and O–H groups in total. The van der Waals surface area contributed by atoms with Crippen LogP contribution in [0.25, 0.3) is 11.3 Å². The number of benzene rings is 1. The van der Waals surface area contributed by atoms with Crippen molar-refractivity contribution in [2.75, 3.05) is 7.11 Å². The highest BCUT2D eigenvalue weighted by atomic mass is 35.5. The summed E-state index contributed by atoms with van der Waals surface area (Å²) in [5.74, 6) is 0.823. The number of ether oxygens (including phenoxy) is 1. The summed E-state index contributed by atoms with van der Waals surface area (Å²) in [6.07, 6.45) is 1.64. The van der Waals surface area contributed by atoms with E-state index in [1.165, 1.54) is 0 Å². The van der Waals surface area contributed by atoms with Gasteiger partial charge in [0.05, 0.1) is 17.8 Å². The average Bonchev–Trinajstić information content (AvgIpc) is 2.30. The summed E-state index contributed by atoms with van der Waals surface area (Å²) in [5.41, 5.74) is 1.91. The predicted octanol–water partition coefficient (Wildman–Crippen LogP) is 3.41. The summed E-state index contributed by atoms with van der Waals surface area (Å²) in [6.45, 7) is 0. The first-order chi connectivity index (χ1) is 7.29. The Kier molecular flexibility index (Phi) is 2.88. The first-order valence-corrected chi connectivity index (χ1v) is 4.93. The van der Waals surface area contributed by atoms with Crippen LogP contribution in [-0.2, 0) is 0 Å². The third-order valence-electron chi connectivity index (χ3n) is 2.09. The summed E-state index contributed by atoms with van der Waals surface area (Å²) in [6, 6.07) is 11.5. The molecule has 0 saturated heterocycles. The van der Waals surface area contributed by atoms with Crippen LogP contribution in [-0.4, -0.2) is 12.1 Å².